The maximum absolute atomic E-state index is 14.2. The minimum Gasteiger partial charge on any atom is -0.494 e. The van der Waals surface area contributed by atoms with Gasteiger partial charge in [-0.1, -0.05) is 12.1 Å². The molecule has 0 aliphatic heterocycles. The van der Waals surface area contributed by atoms with Gasteiger partial charge in [-0.2, -0.15) is 0 Å². The molecule has 0 bridgehead atoms. The topological polar surface area (TPSA) is 73.9 Å². The fourth-order valence-electron chi connectivity index (χ4n) is 2.21. The number of halogens is 1. The summed E-state index contributed by atoms with van der Waals surface area (Å²) >= 11 is 0. The fraction of sp³-hybridized carbons (Fsp3) is 0.294. The monoisotopic (exact) mass is 369 g/mol. The predicted molar refractivity (Wildman–Crippen MR) is 91.1 cm³/mol. The van der Waals surface area contributed by atoms with Crippen LogP contribution in [-0.2, 0) is 16.6 Å². The number of nitrogens with one attached hydrogen (secondary N) is 1. The van der Waals surface area contributed by atoms with Gasteiger partial charge in [0.05, 0.1) is 20.8 Å². The normalized spacial score (nSPS) is 11.2. The van der Waals surface area contributed by atoms with E-state index in [2.05, 4.69) is 4.72 Å². The molecular formula is C17H20FNO5S. The third-order valence-electron chi connectivity index (χ3n) is 3.40. The standard InChI is InChI=1S/C17H20FNO5S/c1-4-24-13-7-5-6-12(8-13)11-19-25(20,21)17-10-16(23-3)15(22-2)9-14(17)18/h5-10,19H,4,11H2,1-3H3. The number of sulfonamides is 1. The van der Waals surface area contributed by atoms with Crippen LogP contribution in [0.5, 0.6) is 17.2 Å². The summed E-state index contributed by atoms with van der Waals surface area (Å²) in [6.45, 7) is 2.36. The van der Waals surface area contributed by atoms with E-state index >= 15 is 0 Å². The average Bonchev–Trinajstić information content (AvgIpc) is 2.60. The molecule has 0 saturated carbocycles. The molecule has 0 aliphatic rings. The van der Waals surface area contributed by atoms with Gasteiger partial charge in [0, 0.05) is 18.7 Å². The quantitative estimate of drug-likeness (QED) is 0.774. The highest BCUT2D eigenvalue weighted by Gasteiger charge is 2.22. The maximum atomic E-state index is 14.2. The summed E-state index contributed by atoms with van der Waals surface area (Å²) in [5, 5.41) is 0. The minimum atomic E-state index is -4.07. The molecule has 0 aliphatic carbocycles. The van der Waals surface area contributed by atoms with Crippen LogP contribution in [0, 0.1) is 5.82 Å². The van der Waals surface area contributed by atoms with Gasteiger partial charge in [-0.25, -0.2) is 17.5 Å². The fourth-order valence-corrected chi connectivity index (χ4v) is 3.30. The van der Waals surface area contributed by atoms with Crippen molar-refractivity contribution in [2.45, 2.75) is 18.4 Å². The van der Waals surface area contributed by atoms with Gasteiger partial charge in [-0.3, -0.25) is 0 Å². The van der Waals surface area contributed by atoms with Crippen LogP contribution in [0.1, 0.15) is 12.5 Å². The van der Waals surface area contributed by atoms with Gasteiger partial charge in [0.25, 0.3) is 0 Å². The van der Waals surface area contributed by atoms with E-state index in [0.29, 0.717) is 17.9 Å². The first-order valence-electron chi connectivity index (χ1n) is 7.54. The van der Waals surface area contributed by atoms with Gasteiger partial charge in [-0.05, 0) is 24.6 Å². The maximum Gasteiger partial charge on any atom is 0.243 e. The molecule has 0 radical (unpaired) electrons. The lowest BCUT2D eigenvalue weighted by molar-refractivity contribution is 0.340. The molecule has 136 valence electrons. The van der Waals surface area contributed by atoms with E-state index in [1.807, 2.05) is 6.92 Å². The Morgan fingerprint density at radius 3 is 2.40 bits per heavy atom. The molecule has 0 unspecified atom stereocenters. The Morgan fingerprint density at radius 1 is 1.08 bits per heavy atom. The van der Waals surface area contributed by atoms with E-state index < -0.39 is 20.7 Å². The van der Waals surface area contributed by atoms with Gasteiger partial charge < -0.3 is 14.2 Å². The van der Waals surface area contributed by atoms with Crippen LogP contribution in [0.25, 0.3) is 0 Å². The molecule has 6 nitrogen and oxygen atoms in total. The molecular weight excluding hydrogens is 349 g/mol. The van der Waals surface area contributed by atoms with Crippen molar-refractivity contribution < 1.29 is 27.0 Å². The molecule has 0 fully saturated rings. The highest BCUT2D eigenvalue weighted by molar-refractivity contribution is 7.89. The van der Waals surface area contributed by atoms with Crippen molar-refractivity contribution in [2.75, 3.05) is 20.8 Å². The highest BCUT2D eigenvalue weighted by Crippen LogP contribution is 2.31. The Kier molecular flexibility index (Phi) is 6.22. The lowest BCUT2D eigenvalue weighted by Gasteiger charge is -2.12. The summed E-state index contributed by atoms with van der Waals surface area (Å²) < 4.78 is 56.7. The average molecular weight is 369 g/mol. The second-order valence-corrected chi connectivity index (χ2v) is 6.78. The van der Waals surface area contributed by atoms with Crippen LogP contribution >= 0.6 is 0 Å². The Balaban J connectivity index is 2.23. The molecule has 0 heterocycles. The Morgan fingerprint density at radius 2 is 1.76 bits per heavy atom. The summed E-state index contributed by atoms with van der Waals surface area (Å²) in [5.74, 6) is -0.0457. The van der Waals surface area contributed by atoms with Crippen molar-refractivity contribution in [3.05, 3.63) is 47.8 Å². The van der Waals surface area contributed by atoms with E-state index in [4.69, 9.17) is 14.2 Å². The molecule has 2 aromatic carbocycles. The molecule has 2 aromatic rings. The van der Waals surface area contributed by atoms with Crippen molar-refractivity contribution in [1.82, 2.24) is 4.72 Å². The first-order valence-corrected chi connectivity index (χ1v) is 9.02. The second-order valence-electron chi connectivity index (χ2n) is 5.04. The zero-order valence-corrected chi connectivity index (χ0v) is 15.0. The van der Waals surface area contributed by atoms with E-state index in [9.17, 15) is 12.8 Å². The Bertz CT molecular complexity index is 839. The molecule has 2 rings (SSSR count). The first-order chi connectivity index (χ1) is 11.9. The summed E-state index contributed by atoms with van der Waals surface area (Å²) in [6, 6.07) is 9.06. The van der Waals surface area contributed by atoms with Crippen LogP contribution in [0.4, 0.5) is 4.39 Å². The second kappa shape index (κ2) is 8.17. The predicted octanol–water partition coefficient (Wildman–Crippen LogP) is 2.72. The number of ether oxygens (including phenoxy) is 3. The summed E-state index contributed by atoms with van der Waals surface area (Å²) in [5.41, 5.74) is 0.690. The molecule has 0 aromatic heterocycles. The van der Waals surface area contributed by atoms with Gasteiger partial charge >= 0.3 is 0 Å². The molecule has 0 spiro atoms. The van der Waals surface area contributed by atoms with Crippen molar-refractivity contribution in [3.8, 4) is 17.2 Å². The van der Waals surface area contributed by atoms with Crippen LogP contribution in [0.2, 0.25) is 0 Å². The Labute approximate surface area is 146 Å². The molecule has 8 heteroatoms. The van der Waals surface area contributed by atoms with Gasteiger partial charge in [0.15, 0.2) is 11.5 Å². The van der Waals surface area contributed by atoms with Crippen molar-refractivity contribution in [2.24, 2.45) is 0 Å². The lowest BCUT2D eigenvalue weighted by Crippen LogP contribution is -2.24. The number of benzene rings is 2. The lowest BCUT2D eigenvalue weighted by atomic mass is 10.2. The first kappa shape index (κ1) is 19.0. The molecule has 0 atom stereocenters. The van der Waals surface area contributed by atoms with E-state index in [-0.39, 0.29) is 18.0 Å². The third-order valence-corrected chi connectivity index (χ3v) is 4.82. The van der Waals surface area contributed by atoms with E-state index in [0.717, 1.165) is 12.1 Å². The number of methoxy groups -OCH3 is 2. The van der Waals surface area contributed by atoms with E-state index in [1.165, 1.54) is 14.2 Å². The zero-order chi connectivity index (χ0) is 18.4. The number of hydrogen-bond acceptors (Lipinski definition) is 5. The van der Waals surface area contributed by atoms with Gasteiger partial charge in [0.1, 0.15) is 16.5 Å². The van der Waals surface area contributed by atoms with Crippen LogP contribution in [0.15, 0.2) is 41.3 Å². The largest absolute Gasteiger partial charge is 0.494 e. The molecule has 25 heavy (non-hydrogen) atoms. The summed E-state index contributed by atoms with van der Waals surface area (Å²) in [7, 11) is -1.38. The zero-order valence-electron chi connectivity index (χ0n) is 14.2. The number of hydrogen-bond donors (Lipinski definition) is 1. The number of rotatable bonds is 8. The van der Waals surface area contributed by atoms with Gasteiger partial charge in [-0.15, -0.1) is 0 Å². The summed E-state index contributed by atoms with van der Waals surface area (Å²) in [4.78, 5) is -0.508. The van der Waals surface area contributed by atoms with Crippen molar-refractivity contribution in [3.63, 3.8) is 0 Å². The highest BCUT2D eigenvalue weighted by atomic mass is 32.2. The van der Waals surface area contributed by atoms with Crippen LogP contribution in [0.3, 0.4) is 0 Å². The van der Waals surface area contributed by atoms with E-state index in [1.54, 1.807) is 24.3 Å². The van der Waals surface area contributed by atoms with Crippen molar-refractivity contribution in [1.29, 1.82) is 0 Å². The summed E-state index contributed by atoms with van der Waals surface area (Å²) in [6.07, 6.45) is 0. The molecule has 0 amide bonds. The van der Waals surface area contributed by atoms with Gasteiger partial charge in [0.2, 0.25) is 10.0 Å². The molecule has 0 saturated heterocycles. The molecule has 1 N–H and O–H groups in total. The van der Waals surface area contributed by atoms with Crippen molar-refractivity contribution >= 4 is 10.0 Å². The smallest absolute Gasteiger partial charge is 0.243 e. The Hall–Kier alpha value is -2.32. The SMILES string of the molecule is CCOc1cccc(CNS(=O)(=O)c2cc(OC)c(OC)cc2F)c1. The minimum absolute atomic E-state index is 0.00294. The van der Waals surface area contributed by atoms with Crippen LogP contribution < -0.4 is 18.9 Å². The van der Waals surface area contributed by atoms with Crippen LogP contribution in [-0.4, -0.2) is 29.2 Å². The third kappa shape index (κ3) is 4.61.